The van der Waals surface area contributed by atoms with Crippen molar-refractivity contribution in [2.45, 2.75) is 17.9 Å². The number of aromatic nitrogens is 1. The minimum absolute atomic E-state index is 0.0584. The molecule has 1 heterocycles. The molecule has 1 N–H and O–H groups in total. The first-order valence-corrected chi connectivity index (χ1v) is 10.2. The average Bonchev–Trinajstić information content (AvgIpc) is 2.74. The Labute approximate surface area is 164 Å². The molecule has 0 saturated carbocycles. The third-order valence-electron chi connectivity index (χ3n) is 4.43. The number of amides is 1. The van der Waals surface area contributed by atoms with E-state index in [2.05, 4.69) is 10.3 Å². The summed E-state index contributed by atoms with van der Waals surface area (Å²) in [5.41, 5.74) is 1.74. The molecule has 7 heteroatoms. The zero-order valence-corrected chi connectivity index (χ0v) is 16.4. The van der Waals surface area contributed by atoms with Crippen molar-refractivity contribution in [2.24, 2.45) is 0 Å². The zero-order valence-electron chi connectivity index (χ0n) is 15.6. The van der Waals surface area contributed by atoms with Crippen molar-refractivity contribution in [3.05, 3.63) is 90.3 Å². The summed E-state index contributed by atoms with van der Waals surface area (Å²) in [5.74, 6) is -0.344. The quantitative estimate of drug-likeness (QED) is 0.694. The fraction of sp³-hybridized carbons (Fsp3) is 0.143. The highest BCUT2D eigenvalue weighted by molar-refractivity contribution is 7.92. The van der Waals surface area contributed by atoms with Gasteiger partial charge < -0.3 is 5.32 Å². The Morgan fingerprint density at radius 1 is 1.00 bits per heavy atom. The van der Waals surface area contributed by atoms with Crippen LogP contribution in [0.1, 0.15) is 28.9 Å². The van der Waals surface area contributed by atoms with Gasteiger partial charge in [-0.1, -0.05) is 24.3 Å². The van der Waals surface area contributed by atoms with Crippen molar-refractivity contribution in [1.82, 2.24) is 10.3 Å². The van der Waals surface area contributed by atoms with E-state index in [1.54, 1.807) is 48.8 Å². The van der Waals surface area contributed by atoms with Crippen molar-refractivity contribution >= 4 is 21.6 Å². The summed E-state index contributed by atoms with van der Waals surface area (Å²) >= 11 is 0. The Morgan fingerprint density at radius 3 is 2.36 bits per heavy atom. The van der Waals surface area contributed by atoms with Crippen LogP contribution < -0.4 is 9.62 Å². The average molecular weight is 395 g/mol. The van der Waals surface area contributed by atoms with E-state index in [-0.39, 0.29) is 22.4 Å². The van der Waals surface area contributed by atoms with Crippen LogP contribution in [0.4, 0.5) is 5.69 Å². The van der Waals surface area contributed by atoms with Gasteiger partial charge in [0, 0.05) is 25.0 Å². The lowest BCUT2D eigenvalue weighted by atomic mass is 10.1. The highest BCUT2D eigenvalue weighted by atomic mass is 32.2. The lowest BCUT2D eigenvalue weighted by Crippen LogP contribution is -2.28. The molecule has 1 atom stereocenters. The van der Waals surface area contributed by atoms with Crippen LogP contribution in [-0.4, -0.2) is 26.4 Å². The number of hydrogen-bond donors (Lipinski definition) is 1. The number of sulfonamides is 1. The predicted octanol–water partition coefficient (Wildman–Crippen LogP) is 3.40. The van der Waals surface area contributed by atoms with E-state index in [9.17, 15) is 13.2 Å². The number of rotatable bonds is 6. The largest absolute Gasteiger partial charge is 0.346 e. The molecule has 144 valence electrons. The molecule has 0 aliphatic carbocycles. The molecule has 6 nitrogen and oxygen atoms in total. The molecule has 2 aromatic carbocycles. The molecule has 0 saturated heterocycles. The number of benzene rings is 2. The minimum atomic E-state index is -3.78. The van der Waals surface area contributed by atoms with Gasteiger partial charge in [-0.25, -0.2) is 8.42 Å². The number of anilines is 1. The van der Waals surface area contributed by atoms with Gasteiger partial charge in [0.25, 0.3) is 15.9 Å². The molecule has 0 aliphatic heterocycles. The van der Waals surface area contributed by atoms with E-state index < -0.39 is 10.0 Å². The molecule has 0 radical (unpaired) electrons. The molecule has 1 aromatic heterocycles. The van der Waals surface area contributed by atoms with E-state index in [1.807, 2.05) is 25.1 Å². The van der Waals surface area contributed by atoms with Crippen LogP contribution in [0.5, 0.6) is 0 Å². The standard InChI is InChI=1S/C21H21N3O3S/c1-16(17-11-13-22-14-12-17)23-21(25)18-7-6-10-20(15-18)28(26,27)24(2)19-8-4-3-5-9-19/h3-16H,1-2H3,(H,23,25). The maximum Gasteiger partial charge on any atom is 0.264 e. The maximum atomic E-state index is 12.9. The van der Waals surface area contributed by atoms with Crippen LogP contribution >= 0.6 is 0 Å². The number of hydrogen-bond acceptors (Lipinski definition) is 4. The molecule has 0 aliphatic rings. The van der Waals surface area contributed by atoms with Crippen LogP contribution in [0.3, 0.4) is 0 Å². The van der Waals surface area contributed by atoms with E-state index >= 15 is 0 Å². The molecule has 1 unspecified atom stereocenters. The van der Waals surface area contributed by atoms with Gasteiger partial charge in [-0.15, -0.1) is 0 Å². The second-order valence-corrected chi connectivity index (χ2v) is 8.28. The van der Waals surface area contributed by atoms with Gasteiger partial charge >= 0.3 is 0 Å². The second kappa shape index (κ2) is 8.22. The lowest BCUT2D eigenvalue weighted by Gasteiger charge is -2.20. The van der Waals surface area contributed by atoms with Crippen LogP contribution in [0.2, 0.25) is 0 Å². The molecule has 0 bridgehead atoms. The fourth-order valence-corrected chi connectivity index (χ4v) is 3.99. The molecule has 3 rings (SSSR count). The fourth-order valence-electron chi connectivity index (χ4n) is 2.75. The summed E-state index contributed by atoms with van der Waals surface area (Å²) in [4.78, 5) is 16.6. The summed E-state index contributed by atoms with van der Waals surface area (Å²) in [7, 11) is -2.29. The smallest absolute Gasteiger partial charge is 0.264 e. The van der Waals surface area contributed by atoms with E-state index in [4.69, 9.17) is 0 Å². The molecule has 0 fully saturated rings. The number of nitrogens with one attached hydrogen (secondary N) is 1. The third-order valence-corrected chi connectivity index (χ3v) is 6.21. The van der Waals surface area contributed by atoms with E-state index in [0.717, 1.165) is 5.56 Å². The number of carbonyl (C=O) groups is 1. The lowest BCUT2D eigenvalue weighted by molar-refractivity contribution is 0.0939. The van der Waals surface area contributed by atoms with Gasteiger partial charge in [-0.3, -0.25) is 14.1 Å². The highest BCUT2D eigenvalue weighted by Crippen LogP contribution is 2.22. The Morgan fingerprint density at radius 2 is 1.68 bits per heavy atom. The van der Waals surface area contributed by atoms with Gasteiger partial charge in [0.15, 0.2) is 0 Å². The topological polar surface area (TPSA) is 79.4 Å². The maximum absolute atomic E-state index is 12.9. The zero-order chi connectivity index (χ0) is 20.1. The van der Waals surface area contributed by atoms with Crippen LogP contribution in [0.15, 0.2) is 84.0 Å². The Bertz CT molecular complexity index is 1050. The monoisotopic (exact) mass is 395 g/mol. The van der Waals surface area contributed by atoms with Gasteiger partial charge in [0.05, 0.1) is 16.6 Å². The number of carbonyl (C=O) groups excluding carboxylic acids is 1. The van der Waals surface area contributed by atoms with Crippen molar-refractivity contribution in [3.8, 4) is 0 Å². The van der Waals surface area contributed by atoms with Gasteiger partial charge in [0.1, 0.15) is 0 Å². The SMILES string of the molecule is CC(NC(=O)c1cccc(S(=O)(=O)N(C)c2ccccc2)c1)c1ccncc1. The second-order valence-electron chi connectivity index (χ2n) is 6.31. The minimum Gasteiger partial charge on any atom is -0.346 e. The molecule has 1 amide bonds. The first kappa shape index (κ1) is 19.6. The van der Waals surface area contributed by atoms with Crippen LogP contribution in [0.25, 0.3) is 0 Å². The summed E-state index contributed by atoms with van der Waals surface area (Å²) in [6.07, 6.45) is 3.31. The molecular formula is C21H21N3O3S. The Hall–Kier alpha value is -3.19. The summed E-state index contributed by atoms with van der Waals surface area (Å²) in [5, 5.41) is 2.88. The van der Waals surface area contributed by atoms with Gasteiger partial charge in [-0.05, 0) is 55.0 Å². The van der Waals surface area contributed by atoms with Gasteiger partial charge in [0.2, 0.25) is 0 Å². The normalized spacial score (nSPS) is 12.2. The number of nitrogens with zero attached hydrogens (tertiary/aromatic N) is 2. The van der Waals surface area contributed by atoms with Crippen molar-refractivity contribution in [2.75, 3.05) is 11.4 Å². The van der Waals surface area contributed by atoms with Crippen molar-refractivity contribution in [1.29, 1.82) is 0 Å². The van der Waals surface area contributed by atoms with Crippen molar-refractivity contribution in [3.63, 3.8) is 0 Å². The number of pyridine rings is 1. The first-order chi connectivity index (χ1) is 13.4. The van der Waals surface area contributed by atoms with Gasteiger partial charge in [-0.2, -0.15) is 0 Å². The molecule has 28 heavy (non-hydrogen) atoms. The summed E-state index contributed by atoms with van der Waals surface area (Å²) in [6, 6.07) is 18.2. The van der Waals surface area contributed by atoms with E-state index in [1.165, 1.54) is 23.5 Å². The predicted molar refractivity (Wildman–Crippen MR) is 109 cm³/mol. The Kier molecular flexibility index (Phi) is 5.75. The summed E-state index contributed by atoms with van der Waals surface area (Å²) in [6.45, 7) is 1.86. The van der Waals surface area contributed by atoms with Crippen LogP contribution in [-0.2, 0) is 10.0 Å². The van der Waals surface area contributed by atoms with E-state index in [0.29, 0.717) is 5.69 Å². The molecule has 3 aromatic rings. The highest BCUT2D eigenvalue weighted by Gasteiger charge is 2.22. The first-order valence-electron chi connectivity index (χ1n) is 8.74. The Balaban J connectivity index is 1.82. The third kappa shape index (κ3) is 4.20. The number of para-hydroxylation sites is 1. The van der Waals surface area contributed by atoms with Crippen LogP contribution in [0, 0.1) is 0 Å². The molecular weight excluding hydrogens is 374 g/mol. The van der Waals surface area contributed by atoms with Crippen molar-refractivity contribution < 1.29 is 13.2 Å². The summed E-state index contributed by atoms with van der Waals surface area (Å²) < 4.78 is 27.1. The molecule has 0 spiro atoms.